The number of nitrogens with one attached hydrogen (secondary N) is 1. The van der Waals surface area contributed by atoms with Crippen LogP contribution in [0, 0.1) is 11.8 Å². The fourth-order valence-corrected chi connectivity index (χ4v) is 3.51. The van der Waals surface area contributed by atoms with E-state index in [4.69, 9.17) is 0 Å². The van der Waals surface area contributed by atoms with Gasteiger partial charge in [0.15, 0.2) is 11.2 Å². The lowest BCUT2D eigenvalue weighted by molar-refractivity contribution is 0.572. The number of piperazine rings is 1. The van der Waals surface area contributed by atoms with Gasteiger partial charge in [-0.25, -0.2) is 4.98 Å². The molecule has 28 heavy (non-hydrogen) atoms. The van der Waals surface area contributed by atoms with E-state index in [1.807, 2.05) is 22.8 Å². The van der Waals surface area contributed by atoms with Gasteiger partial charge < -0.3 is 10.2 Å². The van der Waals surface area contributed by atoms with Crippen LogP contribution in [0.1, 0.15) is 12.5 Å². The Bertz CT molecular complexity index is 1070. The van der Waals surface area contributed by atoms with Crippen molar-refractivity contribution in [3.8, 4) is 11.8 Å². The van der Waals surface area contributed by atoms with Gasteiger partial charge >= 0.3 is 0 Å². The standard InChI is InChI=1S/C21H24N6O/c1-2-3-12-27-18-19(24-21(27)25-14-10-22-11-15-25)23-16-26(20(18)28)13-9-17-7-5-4-6-8-17/h4-8,16,22H,9-15H2,1H3. The van der Waals surface area contributed by atoms with Crippen molar-refractivity contribution in [1.29, 1.82) is 0 Å². The molecule has 1 fully saturated rings. The van der Waals surface area contributed by atoms with Crippen LogP contribution in [0.5, 0.6) is 0 Å². The maximum absolute atomic E-state index is 13.2. The van der Waals surface area contributed by atoms with Crippen molar-refractivity contribution in [2.75, 3.05) is 31.1 Å². The topological polar surface area (TPSA) is 68.0 Å². The Balaban J connectivity index is 1.72. The number of nitrogens with zero attached hydrogens (tertiary/aromatic N) is 5. The summed E-state index contributed by atoms with van der Waals surface area (Å²) in [5.74, 6) is 6.79. The van der Waals surface area contributed by atoms with Crippen LogP contribution >= 0.6 is 0 Å². The molecule has 1 aliphatic heterocycles. The van der Waals surface area contributed by atoms with Gasteiger partial charge in [-0.2, -0.15) is 4.98 Å². The second-order valence-electron chi connectivity index (χ2n) is 6.81. The molecule has 144 valence electrons. The number of imidazole rings is 1. The summed E-state index contributed by atoms with van der Waals surface area (Å²) in [6.45, 7) is 6.33. The number of aromatic nitrogens is 4. The third kappa shape index (κ3) is 3.64. The summed E-state index contributed by atoms with van der Waals surface area (Å²) in [7, 11) is 0. The molecule has 7 heteroatoms. The lowest BCUT2D eigenvalue weighted by atomic mass is 10.1. The van der Waals surface area contributed by atoms with E-state index in [0.717, 1.165) is 38.5 Å². The molecular weight excluding hydrogens is 352 g/mol. The molecule has 0 radical (unpaired) electrons. The van der Waals surface area contributed by atoms with Crippen molar-refractivity contribution in [3.05, 3.63) is 52.6 Å². The average Bonchev–Trinajstić information content (AvgIpc) is 3.12. The van der Waals surface area contributed by atoms with Gasteiger partial charge in [-0.15, -0.1) is 5.92 Å². The van der Waals surface area contributed by atoms with Crippen molar-refractivity contribution < 1.29 is 0 Å². The van der Waals surface area contributed by atoms with E-state index < -0.39 is 0 Å². The molecule has 0 spiro atoms. The van der Waals surface area contributed by atoms with Gasteiger partial charge in [0.25, 0.3) is 5.56 Å². The third-order valence-electron chi connectivity index (χ3n) is 5.01. The molecule has 7 nitrogen and oxygen atoms in total. The van der Waals surface area contributed by atoms with Gasteiger partial charge in [-0.05, 0) is 18.9 Å². The van der Waals surface area contributed by atoms with E-state index in [1.165, 1.54) is 5.56 Å². The predicted octanol–water partition coefficient (Wildman–Crippen LogP) is 1.27. The number of benzene rings is 1. The monoisotopic (exact) mass is 376 g/mol. The number of aryl methyl sites for hydroxylation is 2. The molecule has 1 aliphatic rings. The zero-order valence-corrected chi connectivity index (χ0v) is 16.1. The highest BCUT2D eigenvalue weighted by Crippen LogP contribution is 2.19. The smallest absolute Gasteiger partial charge is 0.279 e. The van der Waals surface area contributed by atoms with E-state index in [9.17, 15) is 4.79 Å². The fourth-order valence-electron chi connectivity index (χ4n) is 3.51. The maximum atomic E-state index is 13.2. The Morgan fingerprint density at radius 3 is 2.71 bits per heavy atom. The third-order valence-corrected chi connectivity index (χ3v) is 5.01. The average molecular weight is 376 g/mol. The van der Waals surface area contributed by atoms with Gasteiger partial charge in [0.1, 0.15) is 6.33 Å². The first-order valence-corrected chi connectivity index (χ1v) is 9.63. The highest BCUT2D eigenvalue weighted by atomic mass is 16.1. The second kappa shape index (κ2) is 8.28. The molecule has 1 saturated heterocycles. The van der Waals surface area contributed by atoms with Crippen molar-refractivity contribution >= 4 is 17.1 Å². The van der Waals surface area contributed by atoms with Crippen molar-refractivity contribution in [2.24, 2.45) is 0 Å². The Hall–Kier alpha value is -3.11. The van der Waals surface area contributed by atoms with Crippen LogP contribution in [0.2, 0.25) is 0 Å². The summed E-state index contributed by atoms with van der Waals surface area (Å²) in [6.07, 6.45) is 2.39. The number of rotatable bonds is 5. The molecule has 0 amide bonds. The molecular formula is C21H24N6O. The van der Waals surface area contributed by atoms with Crippen LogP contribution in [-0.4, -0.2) is 45.3 Å². The van der Waals surface area contributed by atoms with Crippen LogP contribution in [0.3, 0.4) is 0 Å². The van der Waals surface area contributed by atoms with E-state index in [-0.39, 0.29) is 5.56 Å². The SMILES string of the molecule is CC#CCn1c(N2CCNCC2)nc2ncn(CCc3ccccc3)c(=O)c21. The van der Waals surface area contributed by atoms with E-state index in [2.05, 4.69) is 44.2 Å². The first-order valence-electron chi connectivity index (χ1n) is 9.63. The second-order valence-corrected chi connectivity index (χ2v) is 6.81. The van der Waals surface area contributed by atoms with Crippen LogP contribution in [0.15, 0.2) is 41.5 Å². The molecule has 3 aromatic rings. The summed E-state index contributed by atoms with van der Waals surface area (Å²) < 4.78 is 3.60. The van der Waals surface area contributed by atoms with E-state index >= 15 is 0 Å². The summed E-state index contributed by atoms with van der Waals surface area (Å²) >= 11 is 0. The lowest BCUT2D eigenvalue weighted by Crippen LogP contribution is -2.44. The Labute approximate surface area is 164 Å². The Morgan fingerprint density at radius 1 is 1.18 bits per heavy atom. The minimum absolute atomic E-state index is 0.0623. The molecule has 0 atom stereocenters. The molecule has 3 heterocycles. The minimum Gasteiger partial charge on any atom is -0.340 e. The van der Waals surface area contributed by atoms with Crippen molar-refractivity contribution in [3.63, 3.8) is 0 Å². The fraction of sp³-hybridized carbons (Fsp3) is 0.381. The first-order chi connectivity index (χ1) is 13.8. The lowest BCUT2D eigenvalue weighted by Gasteiger charge is -2.28. The van der Waals surface area contributed by atoms with Crippen LogP contribution in [-0.2, 0) is 19.5 Å². The molecule has 1 N–H and O–H groups in total. The molecule has 0 aliphatic carbocycles. The zero-order valence-electron chi connectivity index (χ0n) is 16.1. The van der Waals surface area contributed by atoms with Gasteiger partial charge in [0.2, 0.25) is 5.95 Å². The highest BCUT2D eigenvalue weighted by molar-refractivity contribution is 5.74. The summed E-state index contributed by atoms with van der Waals surface area (Å²) in [6, 6.07) is 10.2. The maximum Gasteiger partial charge on any atom is 0.279 e. The quantitative estimate of drug-likeness (QED) is 0.679. The van der Waals surface area contributed by atoms with Crippen LogP contribution in [0.4, 0.5) is 5.95 Å². The van der Waals surface area contributed by atoms with Crippen molar-refractivity contribution in [1.82, 2.24) is 24.4 Å². The first kappa shape index (κ1) is 18.3. The minimum atomic E-state index is -0.0623. The van der Waals surface area contributed by atoms with Gasteiger partial charge in [-0.3, -0.25) is 13.9 Å². The van der Waals surface area contributed by atoms with Crippen LogP contribution < -0.4 is 15.8 Å². The number of anilines is 1. The molecule has 4 rings (SSSR count). The number of hydrogen-bond acceptors (Lipinski definition) is 5. The predicted molar refractivity (Wildman–Crippen MR) is 110 cm³/mol. The Kier molecular flexibility index (Phi) is 5.40. The molecule has 0 unspecified atom stereocenters. The van der Waals surface area contributed by atoms with Crippen molar-refractivity contribution in [2.45, 2.75) is 26.4 Å². The zero-order chi connectivity index (χ0) is 19.3. The number of fused-ring (bicyclic) bond motifs is 1. The van der Waals surface area contributed by atoms with Gasteiger partial charge in [-0.1, -0.05) is 36.3 Å². The largest absolute Gasteiger partial charge is 0.340 e. The molecule has 0 bridgehead atoms. The molecule has 2 aromatic heterocycles. The number of hydrogen-bond donors (Lipinski definition) is 1. The summed E-state index contributed by atoms with van der Waals surface area (Å²) in [5, 5.41) is 3.35. The summed E-state index contributed by atoms with van der Waals surface area (Å²) in [4.78, 5) is 24.6. The van der Waals surface area contributed by atoms with Crippen LogP contribution in [0.25, 0.3) is 11.2 Å². The highest BCUT2D eigenvalue weighted by Gasteiger charge is 2.21. The molecule has 0 saturated carbocycles. The van der Waals surface area contributed by atoms with E-state index in [0.29, 0.717) is 24.3 Å². The summed E-state index contributed by atoms with van der Waals surface area (Å²) in [5.41, 5.74) is 2.16. The Morgan fingerprint density at radius 2 is 1.96 bits per heavy atom. The van der Waals surface area contributed by atoms with E-state index in [1.54, 1.807) is 17.8 Å². The van der Waals surface area contributed by atoms with Gasteiger partial charge in [0, 0.05) is 32.7 Å². The van der Waals surface area contributed by atoms with Gasteiger partial charge in [0.05, 0.1) is 6.54 Å². The molecule has 1 aromatic carbocycles. The normalized spacial score (nSPS) is 14.1.